The lowest BCUT2D eigenvalue weighted by molar-refractivity contribution is 0.508. The van der Waals surface area contributed by atoms with Crippen LogP contribution in [0.4, 0.5) is 0 Å². The van der Waals surface area contributed by atoms with Gasteiger partial charge in [0.15, 0.2) is 0 Å². The van der Waals surface area contributed by atoms with Crippen LogP contribution in [0.5, 0.6) is 0 Å². The summed E-state index contributed by atoms with van der Waals surface area (Å²) in [6.45, 7) is 0. The molecule has 0 unspecified atom stereocenters. The average molecular weight is 239 g/mol. The van der Waals surface area contributed by atoms with Gasteiger partial charge in [-0.15, -0.1) is 0 Å². The first-order valence-corrected chi connectivity index (χ1v) is 5.89. The van der Waals surface area contributed by atoms with Crippen LogP contribution in [0.3, 0.4) is 0 Å². The molecule has 90 valence electrons. The number of benzene rings is 1. The first kappa shape index (κ1) is 10.8. The van der Waals surface area contributed by atoms with E-state index in [-0.39, 0.29) is 0 Å². The Balaban J connectivity index is 1.75. The number of hydrogen-bond donors (Lipinski definition) is 1. The molecule has 0 spiro atoms. The molecule has 2 aromatic heterocycles. The molecule has 3 aromatic rings. The molecule has 0 aliphatic rings. The number of nitrogens with zero attached hydrogens (tertiary/aromatic N) is 2. The maximum Gasteiger partial charge on any atom is 0.112 e. The van der Waals surface area contributed by atoms with E-state index in [4.69, 9.17) is 4.42 Å². The van der Waals surface area contributed by atoms with Crippen LogP contribution in [0.1, 0.15) is 11.3 Å². The fourth-order valence-electron chi connectivity index (χ4n) is 1.95. The van der Waals surface area contributed by atoms with Crippen molar-refractivity contribution in [1.29, 1.82) is 0 Å². The van der Waals surface area contributed by atoms with Crippen molar-refractivity contribution in [3.05, 3.63) is 60.2 Å². The summed E-state index contributed by atoms with van der Waals surface area (Å²) < 4.78 is 5.33. The number of aromatic nitrogens is 3. The lowest BCUT2D eigenvalue weighted by atomic mass is 10.0. The van der Waals surface area contributed by atoms with Gasteiger partial charge in [0.25, 0.3) is 0 Å². The molecule has 4 nitrogen and oxygen atoms in total. The summed E-state index contributed by atoms with van der Waals surface area (Å²) in [6.07, 6.45) is 5.31. The van der Waals surface area contributed by atoms with E-state index >= 15 is 0 Å². The fraction of sp³-hybridized carbons (Fsp3) is 0.143. The second kappa shape index (κ2) is 4.87. The smallest absolute Gasteiger partial charge is 0.112 e. The van der Waals surface area contributed by atoms with Gasteiger partial charge in [0.05, 0.1) is 12.5 Å². The van der Waals surface area contributed by atoms with E-state index < -0.39 is 0 Å². The Morgan fingerprint density at radius 2 is 2.11 bits per heavy atom. The number of rotatable bonds is 4. The minimum absolute atomic E-state index is 0.870. The molecule has 4 heteroatoms. The van der Waals surface area contributed by atoms with Gasteiger partial charge in [-0.25, -0.2) is 0 Å². The number of H-pyrrole nitrogens is 1. The largest absolute Gasteiger partial charge is 0.469 e. The minimum Gasteiger partial charge on any atom is -0.469 e. The van der Waals surface area contributed by atoms with E-state index in [1.807, 2.05) is 24.3 Å². The Hall–Kier alpha value is -2.36. The Labute approximate surface area is 105 Å². The van der Waals surface area contributed by atoms with Crippen LogP contribution >= 0.6 is 0 Å². The van der Waals surface area contributed by atoms with E-state index in [0.717, 1.165) is 29.9 Å². The van der Waals surface area contributed by atoms with E-state index in [2.05, 4.69) is 27.5 Å². The first-order chi connectivity index (χ1) is 8.92. The molecule has 1 aromatic carbocycles. The van der Waals surface area contributed by atoms with Crippen molar-refractivity contribution < 1.29 is 4.42 Å². The highest BCUT2D eigenvalue weighted by Crippen LogP contribution is 2.18. The van der Waals surface area contributed by atoms with Gasteiger partial charge in [-0.1, -0.05) is 18.2 Å². The quantitative estimate of drug-likeness (QED) is 0.761. The summed E-state index contributed by atoms with van der Waals surface area (Å²) in [7, 11) is 0. The third-order valence-electron chi connectivity index (χ3n) is 2.88. The summed E-state index contributed by atoms with van der Waals surface area (Å²) in [5.74, 6) is 1.02. The van der Waals surface area contributed by atoms with Gasteiger partial charge in [-0.3, -0.25) is 0 Å². The van der Waals surface area contributed by atoms with Gasteiger partial charge < -0.3 is 4.42 Å². The molecule has 0 saturated heterocycles. The lowest BCUT2D eigenvalue weighted by Crippen LogP contribution is -1.90. The number of nitrogens with one attached hydrogen (secondary N) is 1. The predicted octanol–water partition coefficient (Wildman–Crippen LogP) is 2.85. The van der Waals surface area contributed by atoms with Crippen molar-refractivity contribution >= 4 is 0 Å². The second-order valence-electron chi connectivity index (χ2n) is 4.13. The van der Waals surface area contributed by atoms with Gasteiger partial charge in [-0.05, 0) is 30.2 Å². The van der Waals surface area contributed by atoms with E-state index in [0.29, 0.717) is 0 Å². The summed E-state index contributed by atoms with van der Waals surface area (Å²) in [5, 5.41) is 10.5. The monoisotopic (exact) mass is 239 g/mol. The molecular formula is C14H13N3O. The molecule has 2 heterocycles. The highest BCUT2D eigenvalue weighted by molar-refractivity contribution is 5.58. The Kier molecular flexibility index (Phi) is 2.92. The zero-order valence-corrected chi connectivity index (χ0v) is 9.84. The first-order valence-electron chi connectivity index (χ1n) is 5.89. The molecule has 0 aliphatic carbocycles. The standard InChI is InChI=1S/C14H13N3O/c1-3-11(6-7-13-5-2-8-18-13)9-12(4-1)14-10-15-17-16-14/h1-5,8-10H,6-7H2,(H,15,16,17). The molecule has 0 aliphatic heterocycles. The third kappa shape index (κ3) is 2.32. The van der Waals surface area contributed by atoms with Crippen molar-refractivity contribution in [2.24, 2.45) is 0 Å². The number of aromatic amines is 1. The molecule has 0 saturated carbocycles. The number of aryl methyl sites for hydroxylation is 2. The second-order valence-corrected chi connectivity index (χ2v) is 4.13. The Bertz CT molecular complexity index is 600. The molecule has 0 fully saturated rings. The van der Waals surface area contributed by atoms with Crippen molar-refractivity contribution in [2.75, 3.05) is 0 Å². The number of hydrogen-bond acceptors (Lipinski definition) is 3. The Morgan fingerprint density at radius 1 is 1.11 bits per heavy atom. The molecule has 0 amide bonds. The van der Waals surface area contributed by atoms with Crippen LogP contribution in [0.15, 0.2) is 53.3 Å². The van der Waals surface area contributed by atoms with E-state index in [1.54, 1.807) is 12.5 Å². The van der Waals surface area contributed by atoms with Crippen LogP contribution < -0.4 is 0 Å². The van der Waals surface area contributed by atoms with Crippen LogP contribution in [-0.4, -0.2) is 15.4 Å². The molecule has 0 radical (unpaired) electrons. The van der Waals surface area contributed by atoms with Gasteiger partial charge in [0, 0.05) is 12.0 Å². The highest BCUT2D eigenvalue weighted by atomic mass is 16.3. The maximum absolute atomic E-state index is 5.33. The van der Waals surface area contributed by atoms with Gasteiger partial charge in [0.1, 0.15) is 11.5 Å². The number of furan rings is 1. The van der Waals surface area contributed by atoms with Crippen molar-refractivity contribution in [3.63, 3.8) is 0 Å². The molecular weight excluding hydrogens is 226 g/mol. The van der Waals surface area contributed by atoms with Crippen LogP contribution in [0.2, 0.25) is 0 Å². The zero-order chi connectivity index (χ0) is 12.2. The van der Waals surface area contributed by atoms with Gasteiger partial charge >= 0.3 is 0 Å². The maximum atomic E-state index is 5.33. The highest BCUT2D eigenvalue weighted by Gasteiger charge is 2.03. The molecule has 0 bridgehead atoms. The van der Waals surface area contributed by atoms with Gasteiger partial charge in [-0.2, -0.15) is 15.4 Å². The molecule has 3 rings (SSSR count). The van der Waals surface area contributed by atoms with Gasteiger partial charge in [0.2, 0.25) is 0 Å². The van der Waals surface area contributed by atoms with Crippen molar-refractivity contribution in [1.82, 2.24) is 15.4 Å². The van der Waals surface area contributed by atoms with Crippen LogP contribution in [0.25, 0.3) is 11.3 Å². The fourth-order valence-corrected chi connectivity index (χ4v) is 1.95. The average Bonchev–Trinajstić information content (AvgIpc) is 3.10. The third-order valence-corrected chi connectivity index (χ3v) is 2.88. The van der Waals surface area contributed by atoms with Crippen molar-refractivity contribution in [2.45, 2.75) is 12.8 Å². The lowest BCUT2D eigenvalue weighted by Gasteiger charge is -2.02. The topological polar surface area (TPSA) is 54.7 Å². The zero-order valence-electron chi connectivity index (χ0n) is 9.84. The van der Waals surface area contributed by atoms with E-state index in [9.17, 15) is 0 Å². The summed E-state index contributed by atoms with van der Waals surface area (Å²) >= 11 is 0. The van der Waals surface area contributed by atoms with Crippen molar-refractivity contribution in [3.8, 4) is 11.3 Å². The van der Waals surface area contributed by atoms with Crippen LogP contribution in [0, 0.1) is 0 Å². The summed E-state index contributed by atoms with van der Waals surface area (Å²) in [4.78, 5) is 0. The van der Waals surface area contributed by atoms with E-state index in [1.165, 1.54) is 5.56 Å². The minimum atomic E-state index is 0.870. The molecule has 0 atom stereocenters. The summed E-state index contributed by atoms with van der Waals surface area (Å²) in [5.41, 5.74) is 3.22. The summed E-state index contributed by atoms with van der Waals surface area (Å²) in [6, 6.07) is 12.3. The normalized spacial score (nSPS) is 10.7. The SMILES string of the molecule is c1cc(CCc2ccco2)cc(-c2cn[nH]n2)c1. The Morgan fingerprint density at radius 3 is 2.89 bits per heavy atom. The predicted molar refractivity (Wildman–Crippen MR) is 67.9 cm³/mol. The molecule has 18 heavy (non-hydrogen) atoms. The van der Waals surface area contributed by atoms with Crippen LogP contribution in [-0.2, 0) is 12.8 Å². The molecule has 1 N–H and O–H groups in total.